The van der Waals surface area contributed by atoms with Crippen LogP contribution in [0.4, 0.5) is 4.79 Å². The molecule has 3 aliphatic rings. The molecule has 2 aliphatic carbocycles. The largest absolute Gasteiger partial charge is 0.446 e. The molecule has 1 saturated heterocycles. The highest BCUT2D eigenvalue weighted by Gasteiger charge is 2.25. The number of ether oxygens (including phenoxy) is 1. The van der Waals surface area contributed by atoms with Crippen molar-refractivity contribution < 1.29 is 14.3 Å². The third-order valence-corrected chi connectivity index (χ3v) is 7.19. The lowest BCUT2D eigenvalue weighted by Gasteiger charge is -2.31. The molecule has 0 spiro atoms. The van der Waals surface area contributed by atoms with E-state index in [-0.39, 0.29) is 18.6 Å². The van der Waals surface area contributed by atoms with Gasteiger partial charge in [-0.05, 0) is 66.4 Å². The van der Waals surface area contributed by atoms with Gasteiger partial charge in [0, 0.05) is 13.1 Å². The maximum Gasteiger partial charge on any atom is 0.407 e. The second-order valence-electron chi connectivity index (χ2n) is 9.39. The van der Waals surface area contributed by atoms with Gasteiger partial charge in [0.2, 0.25) is 5.91 Å². The highest BCUT2D eigenvalue weighted by atomic mass is 16.6. The van der Waals surface area contributed by atoms with Gasteiger partial charge in [-0.15, -0.1) is 0 Å². The Bertz CT molecular complexity index is 1070. The predicted octanol–water partition coefficient (Wildman–Crippen LogP) is 5.65. The molecule has 34 heavy (non-hydrogen) atoms. The molecule has 2 fully saturated rings. The van der Waals surface area contributed by atoms with Crippen LogP contribution in [0.25, 0.3) is 17.7 Å². The Morgan fingerprint density at radius 1 is 0.853 bits per heavy atom. The fourth-order valence-corrected chi connectivity index (χ4v) is 5.36. The zero-order valence-electron chi connectivity index (χ0n) is 19.6. The average Bonchev–Trinajstić information content (AvgIpc) is 3.05. The first-order chi connectivity index (χ1) is 16.7. The summed E-state index contributed by atoms with van der Waals surface area (Å²) in [4.78, 5) is 26.7. The molecule has 5 rings (SSSR count). The number of rotatable bonds is 3. The lowest BCUT2D eigenvalue weighted by atomic mass is 9.86. The molecular weight excluding hydrogens is 424 g/mol. The van der Waals surface area contributed by atoms with Gasteiger partial charge >= 0.3 is 6.09 Å². The van der Waals surface area contributed by atoms with E-state index >= 15 is 0 Å². The predicted molar refractivity (Wildman–Crippen MR) is 135 cm³/mol. The SMILES string of the molecule is O=C(NCC(=O)N1CCC(=C2c3ccccc3C=Cc3ccccc32)CC1)OC1CCCCC1. The van der Waals surface area contributed by atoms with Crippen molar-refractivity contribution in [1.82, 2.24) is 10.2 Å². The average molecular weight is 457 g/mol. The molecule has 0 radical (unpaired) electrons. The lowest BCUT2D eigenvalue weighted by Crippen LogP contribution is -2.43. The molecule has 0 aromatic heterocycles. The van der Waals surface area contributed by atoms with Crippen LogP contribution < -0.4 is 5.32 Å². The number of alkyl carbamates (subject to hydrolysis) is 1. The molecule has 1 aliphatic heterocycles. The number of fused-ring (bicyclic) bond motifs is 2. The second-order valence-corrected chi connectivity index (χ2v) is 9.39. The van der Waals surface area contributed by atoms with Crippen molar-refractivity contribution in [3.8, 4) is 0 Å². The number of nitrogens with one attached hydrogen (secondary N) is 1. The minimum absolute atomic E-state index is 0.00663. The Hall–Kier alpha value is -3.34. The molecule has 1 saturated carbocycles. The minimum atomic E-state index is -0.473. The van der Waals surface area contributed by atoms with Crippen LogP contribution in [0.5, 0.6) is 0 Å². The summed E-state index contributed by atoms with van der Waals surface area (Å²) in [6.45, 7) is 1.32. The van der Waals surface area contributed by atoms with Gasteiger partial charge in [-0.1, -0.05) is 72.7 Å². The van der Waals surface area contributed by atoms with E-state index in [1.807, 2.05) is 4.90 Å². The number of amides is 2. The number of likely N-dealkylation sites (tertiary alicyclic amines) is 1. The Morgan fingerprint density at radius 2 is 1.44 bits per heavy atom. The Labute approximate surface area is 201 Å². The lowest BCUT2D eigenvalue weighted by molar-refractivity contribution is -0.130. The Morgan fingerprint density at radius 3 is 2.06 bits per heavy atom. The molecule has 1 N–H and O–H groups in total. The summed E-state index contributed by atoms with van der Waals surface area (Å²) in [5.41, 5.74) is 7.65. The molecule has 5 heteroatoms. The summed E-state index contributed by atoms with van der Waals surface area (Å²) in [7, 11) is 0. The van der Waals surface area contributed by atoms with Crippen LogP contribution in [0.2, 0.25) is 0 Å². The molecule has 2 amide bonds. The Balaban J connectivity index is 1.25. The van der Waals surface area contributed by atoms with E-state index in [0.717, 1.165) is 38.5 Å². The number of hydrogen-bond donors (Lipinski definition) is 1. The van der Waals surface area contributed by atoms with Crippen LogP contribution in [-0.4, -0.2) is 42.6 Å². The van der Waals surface area contributed by atoms with Crippen molar-refractivity contribution in [2.75, 3.05) is 19.6 Å². The summed E-state index contributed by atoms with van der Waals surface area (Å²) in [5, 5.41) is 2.66. The summed E-state index contributed by atoms with van der Waals surface area (Å²) in [6, 6.07) is 17.1. The zero-order chi connectivity index (χ0) is 23.3. The van der Waals surface area contributed by atoms with Gasteiger partial charge in [0.05, 0.1) is 0 Å². The molecular formula is C29H32N2O3. The molecule has 176 valence electrons. The smallest absolute Gasteiger partial charge is 0.407 e. The monoisotopic (exact) mass is 456 g/mol. The summed E-state index contributed by atoms with van der Waals surface area (Å²) in [6.07, 6.45) is 10.8. The van der Waals surface area contributed by atoms with E-state index in [9.17, 15) is 9.59 Å². The van der Waals surface area contributed by atoms with Gasteiger partial charge in [0.25, 0.3) is 0 Å². The molecule has 0 bridgehead atoms. The number of hydrogen-bond acceptors (Lipinski definition) is 3. The second kappa shape index (κ2) is 10.3. The van der Waals surface area contributed by atoms with Gasteiger partial charge < -0.3 is 15.0 Å². The molecule has 2 aromatic rings. The fourth-order valence-electron chi connectivity index (χ4n) is 5.36. The van der Waals surface area contributed by atoms with Crippen molar-refractivity contribution >= 4 is 29.7 Å². The first-order valence-corrected chi connectivity index (χ1v) is 12.5. The first kappa shape index (κ1) is 22.5. The zero-order valence-corrected chi connectivity index (χ0v) is 19.6. The fraction of sp³-hybridized carbons (Fsp3) is 0.379. The topological polar surface area (TPSA) is 58.6 Å². The van der Waals surface area contributed by atoms with E-state index in [0.29, 0.717) is 13.1 Å². The maximum atomic E-state index is 12.8. The summed E-state index contributed by atoms with van der Waals surface area (Å²) in [5.74, 6) is -0.0482. The maximum absolute atomic E-state index is 12.8. The third-order valence-electron chi connectivity index (χ3n) is 7.19. The molecule has 0 unspecified atom stereocenters. The van der Waals surface area contributed by atoms with Crippen molar-refractivity contribution in [3.63, 3.8) is 0 Å². The molecule has 5 nitrogen and oxygen atoms in total. The summed E-state index contributed by atoms with van der Waals surface area (Å²) < 4.78 is 5.47. The van der Waals surface area contributed by atoms with Gasteiger partial charge in [-0.3, -0.25) is 4.79 Å². The number of carbonyl (C=O) groups excluding carboxylic acids is 2. The quantitative estimate of drug-likeness (QED) is 0.554. The number of nitrogens with zero attached hydrogens (tertiary/aromatic N) is 1. The van der Waals surface area contributed by atoms with E-state index < -0.39 is 6.09 Å². The summed E-state index contributed by atoms with van der Waals surface area (Å²) >= 11 is 0. The van der Waals surface area contributed by atoms with Crippen LogP contribution in [0.3, 0.4) is 0 Å². The third kappa shape index (κ3) is 4.93. The molecule has 0 atom stereocenters. The van der Waals surface area contributed by atoms with Crippen molar-refractivity contribution in [2.24, 2.45) is 0 Å². The van der Waals surface area contributed by atoms with Crippen LogP contribution in [-0.2, 0) is 9.53 Å². The highest BCUT2D eigenvalue weighted by molar-refractivity contribution is 5.95. The number of piperidine rings is 1. The Kier molecular flexibility index (Phi) is 6.79. The minimum Gasteiger partial charge on any atom is -0.446 e. The standard InChI is InChI=1S/C29H32N2O3/c32-27(20-30-29(33)34-24-10-2-1-3-11-24)31-18-16-23(17-19-31)28-25-12-6-4-8-21(25)14-15-22-9-5-7-13-26(22)28/h4-9,12-15,24H,1-3,10-11,16-20H2,(H,30,33). The molecule has 2 aromatic carbocycles. The van der Waals surface area contributed by atoms with Gasteiger partial charge in [0.15, 0.2) is 0 Å². The first-order valence-electron chi connectivity index (χ1n) is 12.5. The van der Waals surface area contributed by atoms with Crippen molar-refractivity contribution in [2.45, 2.75) is 51.0 Å². The van der Waals surface area contributed by atoms with Gasteiger partial charge in [-0.2, -0.15) is 0 Å². The van der Waals surface area contributed by atoms with Crippen LogP contribution in [0.1, 0.15) is 67.2 Å². The van der Waals surface area contributed by atoms with Crippen LogP contribution in [0, 0.1) is 0 Å². The van der Waals surface area contributed by atoms with Crippen molar-refractivity contribution in [3.05, 3.63) is 76.4 Å². The van der Waals surface area contributed by atoms with Crippen LogP contribution in [0.15, 0.2) is 54.1 Å². The van der Waals surface area contributed by atoms with E-state index in [1.165, 1.54) is 39.8 Å². The normalized spacial score (nSPS) is 18.1. The van der Waals surface area contributed by atoms with Gasteiger partial charge in [-0.25, -0.2) is 4.79 Å². The van der Waals surface area contributed by atoms with E-state index in [2.05, 4.69) is 66.0 Å². The highest BCUT2D eigenvalue weighted by Crippen LogP contribution is 2.38. The number of benzene rings is 2. The van der Waals surface area contributed by atoms with Crippen LogP contribution >= 0.6 is 0 Å². The van der Waals surface area contributed by atoms with Gasteiger partial charge in [0.1, 0.15) is 12.6 Å². The number of carbonyl (C=O) groups is 2. The van der Waals surface area contributed by atoms with Crippen molar-refractivity contribution in [1.29, 1.82) is 0 Å². The molecule has 1 heterocycles. The van der Waals surface area contributed by atoms with E-state index in [4.69, 9.17) is 4.74 Å². The van der Waals surface area contributed by atoms with E-state index in [1.54, 1.807) is 0 Å².